The van der Waals surface area contributed by atoms with Crippen LogP contribution in [0.1, 0.15) is 18.4 Å². The molecule has 23 heavy (non-hydrogen) atoms. The maximum Gasteiger partial charge on any atom is 0.227 e. The molecule has 5 heteroatoms. The maximum absolute atomic E-state index is 11.8. The molecule has 0 saturated heterocycles. The van der Waals surface area contributed by atoms with Gasteiger partial charge in [0.1, 0.15) is 5.65 Å². The average molecular weight is 307 g/mol. The summed E-state index contributed by atoms with van der Waals surface area (Å²) in [4.78, 5) is 16.3. The van der Waals surface area contributed by atoms with Crippen molar-refractivity contribution in [2.45, 2.75) is 19.4 Å². The van der Waals surface area contributed by atoms with Crippen LogP contribution in [0, 0.1) is 5.92 Å². The van der Waals surface area contributed by atoms with Crippen LogP contribution in [0.15, 0.2) is 48.8 Å². The summed E-state index contributed by atoms with van der Waals surface area (Å²) in [7, 11) is 0. The molecule has 1 fully saturated rings. The van der Waals surface area contributed by atoms with Gasteiger partial charge in [-0.2, -0.15) is 0 Å². The minimum absolute atomic E-state index is 0.0127. The summed E-state index contributed by atoms with van der Waals surface area (Å²) in [6.07, 6.45) is 5.81. The number of nitrogens with zero attached hydrogens (tertiary/aromatic N) is 2. The number of aromatic nitrogens is 2. The van der Waals surface area contributed by atoms with E-state index >= 15 is 0 Å². The normalized spacial score (nSPS) is 14.1. The first-order valence-electron chi connectivity index (χ1n) is 7.73. The van der Waals surface area contributed by atoms with Crippen molar-refractivity contribution in [2.75, 3.05) is 5.32 Å². The fraction of sp³-hybridized carbons (Fsp3) is 0.222. The highest BCUT2D eigenvalue weighted by Crippen LogP contribution is 2.30. The van der Waals surface area contributed by atoms with E-state index < -0.39 is 0 Å². The van der Waals surface area contributed by atoms with Gasteiger partial charge < -0.3 is 14.8 Å². The van der Waals surface area contributed by atoms with Crippen LogP contribution in [0.2, 0.25) is 0 Å². The van der Waals surface area contributed by atoms with Crippen molar-refractivity contribution in [1.82, 2.24) is 9.38 Å². The van der Waals surface area contributed by atoms with Crippen LogP contribution in [0.25, 0.3) is 16.9 Å². The third-order valence-electron chi connectivity index (χ3n) is 4.09. The molecule has 3 aromatic rings. The van der Waals surface area contributed by atoms with E-state index in [0.717, 1.165) is 41.0 Å². The molecule has 0 unspecified atom stereocenters. The Kier molecular flexibility index (Phi) is 3.35. The fourth-order valence-corrected chi connectivity index (χ4v) is 2.58. The largest absolute Gasteiger partial charge is 0.392 e. The number of rotatable bonds is 4. The lowest BCUT2D eigenvalue weighted by Crippen LogP contribution is -2.12. The minimum atomic E-state index is 0.0127. The number of aliphatic hydroxyl groups is 1. The van der Waals surface area contributed by atoms with E-state index in [1.807, 2.05) is 53.2 Å². The second kappa shape index (κ2) is 5.52. The summed E-state index contributed by atoms with van der Waals surface area (Å²) in [6.45, 7) is 0.0127. The van der Waals surface area contributed by atoms with E-state index in [1.54, 1.807) is 0 Å². The van der Waals surface area contributed by atoms with Gasteiger partial charge in [-0.05, 0) is 36.6 Å². The zero-order valence-corrected chi connectivity index (χ0v) is 12.6. The molecule has 1 amide bonds. The monoisotopic (exact) mass is 307 g/mol. The van der Waals surface area contributed by atoms with Gasteiger partial charge in [0.2, 0.25) is 5.91 Å². The molecular formula is C18H17N3O2. The number of amides is 1. The number of benzene rings is 1. The van der Waals surface area contributed by atoms with Crippen LogP contribution in [-0.2, 0) is 11.4 Å². The van der Waals surface area contributed by atoms with Crippen molar-refractivity contribution < 1.29 is 9.90 Å². The van der Waals surface area contributed by atoms with Gasteiger partial charge in [0.05, 0.1) is 12.3 Å². The second-order valence-electron chi connectivity index (χ2n) is 5.93. The van der Waals surface area contributed by atoms with Crippen molar-refractivity contribution in [3.8, 4) is 11.3 Å². The number of fused-ring (bicyclic) bond motifs is 1. The third kappa shape index (κ3) is 2.83. The van der Waals surface area contributed by atoms with Gasteiger partial charge in [-0.1, -0.05) is 18.2 Å². The molecule has 1 saturated carbocycles. The summed E-state index contributed by atoms with van der Waals surface area (Å²) >= 11 is 0. The van der Waals surface area contributed by atoms with Crippen LogP contribution in [-0.4, -0.2) is 20.4 Å². The van der Waals surface area contributed by atoms with Crippen molar-refractivity contribution >= 4 is 17.2 Å². The van der Waals surface area contributed by atoms with Crippen LogP contribution >= 0.6 is 0 Å². The summed E-state index contributed by atoms with van der Waals surface area (Å²) in [5.74, 6) is 0.316. The van der Waals surface area contributed by atoms with Gasteiger partial charge in [0.15, 0.2) is 0 Å². The highest BCUT2D eigenvalue weighted by molar-refractivity contribution is 5.94. The molecule has 2 heterocycles. The van der Waals surface area contributed by atoms with Crippen LogP contribution in [0.4, 0.5) is 5.69 Å². The molecule has 2 N–H and O–H groups in total. The van der Waals surface area contributed by atoms with E-state index in [1.165, 1.54) is 0 Å². The first-order valence-corrected chi connectivity index (χ1v) is 7.73. The predicted molar refractivity (Wildman–Crippen MR) is 87.9 cm³/mol. The number of hydrogen-bond acceptors (Lipinski definition) is 3. The first-order chi connectivity index (χ1) is 11.2. The van der Waals surface area contributed by atoms with E-state index in [9.17, 15) is 9.90 Å². The fourth-order valence-electron chi connectivity index (χ4n) is 2.58. The molecule has 0 atom stereocenters. The molecule has 0 radical (unpaired) electrons. The summed E-state index contributed by atoms with van der Waals surface area (Å²) in [6, 6.07) is 11.5. The highest BCUT2D eigenvalue weighted by atomic mass is 16.3. The Morgan fingerprint density at radius 3 is 2.65 bits per heavy atom. The van der Waals surface area contributed by atoms with Gasteiger partial charge in [0, 0.05) is 29.6 Å². The van der Waals surface area contributed by atoms with Crippen LogP contribution < -0.4 is 5.32 Å². The number of anilines is 1. The molecule has 0 bridgehead atoms. The molecule has 1 aromatic carbocycles. The molecular weight excluding hydrogens is 290 g/mol. The quantitative estimate of drug-likeness (QED) is 0.779. The Balaban J connectivity index is 1.58. The number of pyridine rings is 1. The number of hydrogen-bond donors (Lipinski definition) is 2. The molecule has 1 aliphatic carbocycles. The number of aliphatic hydroxyl groups excluding tert-OH is 1. The summed E-state index contributed by atoms with van der Waals surface area (Å²) in [5, 5.41) is 12.1. The highest BCUT2D eigenvalue weighted by Gasteiger charge is 2.29. The lowest BCUT2D eigenvalue weighted by molar-refractivity contribution is -0.117. The van der Waals surface area contributed by atoms with Crippen LogP contribution in [0.3, 0.4) is 0 Å². The Bertz CT molecular complexity index is 864. The number of imidazole rings is 1. The second-order valence-corrected chi connectivity index (χ2v) is 5.93. The lowest BCUT2D eigenvalue weighted by Gasteiger charge is -2.04. The third-order valence-corrected chi connectivity index (χ3v) is 4.09. The maximum atomic E-state index is 11.8. The smallest absolute Gasteiger partial charge is 0.227 e. The topological polar surface area (TPSA) is 66.6 Å². The summed E-state index contributed by atoms with van der Waals surface area (Å²) < 4.78 is 1.91. The molecule has 0 aliphatic heterocycles. The van der Waals surface area contributed by atoms with E-state index in [2.05, 4.69) is 10.3 Å². The van der Waals surface area contributed by atoms with E-state index in [0.29, 0.717) is 0 Å². The van der Waals surface area contributed by atoms with Gasteiger partial charge in [0.25, 0.3) is 0 Å². The standard InChI is InChI=1S/C18H17N3O2/c22-11-12-1-8-17-20-16(10-21(17)9-12)13-4-6-15(7-5-13)19-18(23)14-2-3-14/h1,4-10,14,22H,2-3,11H2,(H,19,23). The zero-order chi connectivity index (χ0) is 15.8. The Morgan fingerprint density at radius 1 is 1.17 bits per heavy atom. The van der Waals surface area contributed by atoms with Crippen molar-refractivity contribution in [3.63, 3.8) is 0 Å². The first kappa shape index (κ1) is 14.0. The Hall–Kier alpha value is -2.66. The van der Waals surface area contributed by atoms with Gasteiger partial charge >= 0.3 is 0 Å². The van der Waals surface area contributed by atoms with Gasteiger partial charge in [-0.15, -0.1) is 0 Å². The zero-order valence-electron chi connectivity index (χ0n) is 12.6. The van der Waals surface area contributed by atoms with E-state index in [4.69, 9.17) is 0 Å². The Morgan fingerprint density at radius 2 is 1.96 bits per heavy atom. The van der Waals surface area contributed by atoms with Crippen molar-refractivity contribution in [2.24, 2.45) is 5.92 Å². The molecule has 5 nitrogen and oxygen atoms in total. The number of carbonyl (C=O) groups is 1. The van der Waals surface area contributed by atoms with Gasteiger partial charge in [-0.25, -0.2) is 4.98 Å². The molecule has 0 spiro atoms. The Labute approximate surface area is 133 Å². The SMILES string of the molecule is O=C(Nc1ccc(-c2cn3cc(CO)ccc3n2)cc1)C1CC1. The van der Waals surface area contributed by atoms with Crippen LogP contribution in [0.5, 0.6) is 0 Å². The predicted octanol–water partition coefficient (Wildman–Crippen LogP) is 2.84. The number of carbonyl (C=O) groups excluding carboxylic acids is 1. The summed E-state index contributed by atoms with van der Waals surface area (Å²) in [5.41, 5.74) is 4.35. The van der Waals surface area contributed by atoms with Crippen molar-refractivity contribution in [1.29, 1.82) is 0 Å². The molecule has 4 rings (SSSR count). The lowest BCUT2D eigenvalue weighted by atomic mass is 10.1. The average Bonchev–Trinajstić information content (AvgIpc) is 3.34. The minimum Gasteiger partial charge on any atom is -0.392 e. The molecule has 2 aromatic heterocycles. The molecule has 116 valence electrons. The van der Waals surface area contributed by atoms with Gasteiger partial charge in [-0.3, -0.25) is 4.79 Å². The van der Waals surface area contributed by atoms with Crippen molar-refractivity contribution in [3.05, 3.63) is 54.4 Å². The number of nitrogens with one attached hydrogen (secondary N) is 1. The van der Waals surface area contributed by atoms with E-state index in [-0.39, 0.29) is 18.4 Å². The molecule has 1 aliphatic rings.